The van der Waals surface area contributed by atoms with Gasteiger partial charge in [-0.05, 0) is 44.4 Å². The largest absolute Gasteiger partial charge is 0.353 e. The molecule has 1 saturated heterocycles. The summed E-state index contributed by atoms with van der Waals surface area (Å²) in [5, 5.41) is 3.16. The third kappa shape index (κ3) is 4.19. The number of rotatable bonds is 4. The smallest absolute Gasteiger partial charge is 0.223 e. The average Bonchev–Trinajstić information content (AvgIpc) is 2.78. The van der Waals surface area contributed by atoms with Crippen LogP contribution in [0.4, 0.5) is 0 Å². The summed E-state index contributed by atoms with van der Waals surface area (Å²) in [5.74, 6) is 0.226. The van der Waals surface area contributed by atoms with Crippen molar-refractivity contribution in [3.63, 3.8) is 0 Å². The van der Waals surface area contributed by atoms with Gasteiger partial charge in [0.25, 0.3) is 0 Å². The molecule has 0 radical (unpaired) electrons. The Morgan fingerprint density at radius 1 is 1.24 bits per heavy atom. The molecule has 0 aromatic rings. The quantitative estimate of drug-likeness (QED) is 0.859. The highest BCUT2D eigenvalue weighted by molar-refractivity contribution is 7.89. The van der Waals surface area contributed by atoms with Crippen LogP contribution in [0.3, 0.4) is 0 Å². The van der Waals surface area contributed by atoms with Gasteiger partial charge in [-0.3, -0.25) is 4.79 Å². The maximum absolute atomic E-state index is 12.3. The second-order valence-corrected chi connectivity index (χ2v) is 9.44. The third-order valence-corrected chi connectivity index (χ3v) is 6.78. The van der Waals surface area contributed by atoms with Crippen molar-refractivity contribution >= 4 is 15.9 Å². The Labute approximate surface area is 128 Å². The van der Waals surface area contributed by atoms with Crippen LogP contribution in [-0.2, 0) is 14.8 Å². The zero-order valence-electron chi connectivity index (χ0n) is 13.4. The Hall–Kier alpha value is -0.620. The van der Waals surface area contributed by atoms with Gasteiger partial charge in [-0.2, -0.15) is 0 Å². The first-order chi connectivity index (χ1) is 9.73. The molecule has 1 saturated carbocycles. The summed E-state index contributed by atoms with van der Waals surface area (Å²) in [7, 11) is -3.11. The van der Waals surface area contributed by atoms with Crippen LogP contribution in [-0.4, -0.2) is 43.5 Å². The fourth-order valence-corrected chi connectivity index (χ4v) is 4.59. The molecule has 21 heavy (non-hydrogen) atoms. The highest BCUT2D eigenvalue weighted by atomic mass is 32.2. The number of amides is 1. The molecular weight excluding hydrogens is 288 g/mol. The van der Waals surface area contributed by atoms with Crippen molar-refractivity contribution in [3.8, 4) is 0 Å². The fourth-order valence-electron chi connectivity index (χ4n) is 3.46. The van der Waals surface area contributed by atoms with Crippen LogP contribution in [0.2, 0.25) is 0 Å². The van der Waals surface area contributed by atoms with Crippen molar-refractivity contribution in [2.75, 3.05) is 18.8 Å². The molecule has 0 bridgehead atoms. The van der Waals surface area contributed by atoms with Gasteiger partial charge in [0.1, 0.15) is 0 Å². The fraction of sp³-hybridized carbons (Fsp3) is 0.933. The lowest BCUT2D eigenvalue weighted by atomic mass is 9.91. The van der Waals surface area contributed by atoms with Gasteiger partial charge in [-0.1, -0.05) is 13.8 Å². The third-order valence-electron chi connectivity index (χ3n) is 4.90. The van der Waals surface area contributed by atoms with E-state index in [9.17, 15) is 13.2 Å². The van der Waals surface area contributed by atoms with Gasteiger partial charge in [0, 0.05) is 25.0 Å². The van der Waals surface area contributed by atoms with Crippen molar-refractivity contribution in [2.45, 2.75) is 58.9 Å². The zero-order valence-corrected chi connectivity index (χ0v) is 14.2. The summed E-state index contributed by atoms with van der Waals surface area (Å²) in [4.78, 5) is 12.3. The number of sulfonamides is 1. The topological polar surface area (TPSA) is 66.5 Å². The van der Waals surface area contributed by atoms with E-state index in [0.29, 0.717) is 37.4 Å². The van der Waals surface area contributed by atoms with Crippen LogP contribution < -0.4 is 5.32 Å². The highest BCUT2D eigenvalue weighted by Gasteiger charge is 2.34. The number of carbonyl (C=O) groups is 1. The normalized spacial score (nSPS) is 27.7. The first-order valence-corrected chi connectivity index (χ1v) is 9.62. The second kappa shape index (κ2) is 6.24. The summed E-state index contributed by atoms with van der Waals surface area (Å²) in [6, 6.07) is 0.296. The molecule has 0 aromatic heterocycles. The Bertz CT molecular complexity index is 479. The summed E-state index contributed by atoms with van der Waals surface area (Å²) in [5.41, 5.74) is 0.330. The Balaban J connectivity index is 1.81. The second-order valence-electron chi connectivity index (χ2n) is 7.19. The number of carbonyl (C=O) groups excluding carboxylic acids is 1. The molecule has 2 fully saturated rings. The SMILES string of the molecule is CCS(=O)(=O)N1CCC(C(=O)NC2CCC(C)(C)C2)CC1. The van der Waals surface area contributed by atoms with Gasteiger partial charge in [-0.15, -0.1) is 0 Å². The van der Waals surface area contributed by atoms with Gasteiger partial charge in [0.2, 0.25) is 15.9 Å². The van der Waals surface area contributed by atoms with Crippen LogP contribution in [0.25, 0.3) is 0 Å². The minimum Gasteiger partial charge on any atom is -0.353 e. The Kier molecular flexibility index (Phi) is 4.98. The summed E-state index contributed by atoms with van der Waals surface area (Å²) >= 11 is 0. The number of piperidine rings is 1. The van der Waals surface area contributed by atoms with Crippen LogP contribution in [0.5, 0.6) is 0 Å². The van der Waals surface area contributed by atoms with Crippen molar-refractivity contribution in [1.82, 2.24) is 9.62 Å². The predicted octanol–water partition coefficient (Wildman–Crippen LogP) is 1.74. The van der Waals surface area contributed by atoms with E-state index < -0.39 is 10.0 Å². The zero-order chi connectivity index (χ0) is 15.7. The Morgan fingerprint density at radius 3 is 2.33 bits per heavy atom. The molecular formula is C15H28N2O3S. The average molecular weight is 316 g/mol. The van der Waals surface area contributed by atoms with E-state index >= 15 is 0 Å². The first kappa shape index (κ1) is 16.7. The van der Waals surface area contributed by atoms with E-state index in [2.05, 4.69) is 19.2 Å². The summed E-state index contributed by atoms with van der Waals surface area (Å²) in [6.45, 7) is 7.10. The van der Waals surface area contributed by atoms with E-state index in [1.165, 1.54) is 4.31 Å². The van der Waals surface area contributed by atoms with Gasteiger partial charge in [0.05, 0.1) is 5.75 Å². The van der Waals surface area contributed by atoms with Crippen molar-refractivity contribution < 1.29 is 13.2 Å². The van der Waals surface area contributed by atoms with Crippen LogP contribution in [0, 0.1) is 11.3 Å². The van der Waals surface area contributed by atoms with E-state index in [0.717, 1.165) is 19.3 Å². The van der Waals surface area contributed by atoms with Gasteiger partial charge in [0.15, 0.2) is 0 Å². The molecule has 5 nitrogen and oxygen atoms in total. The maximum Gasteiger partial charge on any atom is 0.223 e. The molecule has 1 atom stereocenters. The van der Waals surface area contributed by atoms with Crippen molar-refractivity contribution in [3.05, 3.63) is 0 Å². The van der Waals surface area contributed by atoms with Crippen molar-refractivity contribution in [2.24, 2.45) is 11.3 Å². The predicted molar refractivity (Wildman–Crippen MR) is 83.3 cm³/mol. The molecule has 2 rings (SSSR count). The van der Waals surface area contributed by atoms with Gasteiger partial charge >= 0.3 is 0 Å². The van der Waals surface area contributed by atoms with Gasteiger partial charge in [-0.25, -0.2) is 12.7 Å². The standard InChI is InChI=1S/C15H28N2O3S/c1-4-21(19,20)17-9-6-12(7-10-17)14(18)16-13-5-8-15(2,3)11-13/h12-13H,4-11H2,1-3H3,(H,16,18). The molecule has 2 aliphatic rings. The lowest BCUT2D eigenvalue weighted by Crippen LogP contribution is -2.45. The Morgan fingerprint density at radius 2 is 1.86 bits per heavy atom. The molecule has 6 heteroatoms. The molecule has 0 aromatic carbocycles. The molecule has 1 unspecified atom stereocenters. The summed E-state index contributed by atoms with van der Waals surface area (Å²) < 4.78 is 25.1. The lowest BCUT2D eigenvalue weighted by molar-refractivity contribution is -0.126. The minimum atomic E-state index is -3.11. The number of nitrogens with one attached hydrogen (secondary N) is 1. The lowest BCUT2D eigenvalue weighted by Gasteiger charge is -2.31. The molecule has 122 valence electrons. The maximum atomic E-state index is 12.3. The van der Waals surface area contributed by atoms with Gasteiger partial charge < -0.3 is 5.32 Å². The number of nitrogens with zero attached hydrogens (tertiary/aromatic N) is 1. The molecule has 1 amide bonds. The molecule has 0 spiro atoms. The van der Waals surface area contributed by atoms with E-state index in [-0.39, 0.29) is 17.6 Å². The van der Waals surface area contributed by atoms with Crippen LogP contribution in [0.1, 0.15) is 52.9 Å². The molecule has 1 heterocycles. The monoisotopic (exact) mass is 316 g/mol. The van der Waals surface area contributed by atoms with E-state index in [1.807, 2.05) is 0 Å². The first-order valence-electron chi connectivity index (χ1n) is 8.02. The minimum absolute atomic E-state index is 0.0305. The summed E-state index contributed by atoms with van der Waals surface area (Å²) in [6.07, 6.45) is 4.54. The molecule has 1 aliphatic carbocycles. The van der Waals surface area contributed by atoms with E-state index in [1.54, 1.807) is 6.92 Å². The van der Waals surface area contributed by atoms with E-state index in [4.69, 9.17) is 0 Å². The highest BCUT2D eigenvalue weighted by Crippen LogP contribution is 2.37. The number of hydrogen-bond donors (Lipinski definition) is 1. The van der Waals surface area contributed by atoms with Crippen LogP contribution in [0.15, 0.2) is 0 Å². The molecule has 1 N–H and O–H groups in total. The van der Waals surface area contributed by atoms with Crippen molar-refractivity contribution in [1.29, 1.82) is 0 Å². The molecule has 1 aliphatic heterocycles. The van der Waals surface area contributed by atoms with Crippen LogP contribution >= 0.6 is 0 Å². The number of hydrogen-bond acceptors (Lipinski definition) is 3.